The summed E-state index contributed by atoms with van der Waals surface area (Å²) in [6, 6.07) is 15.9. The number of phenols is 1. The summed E-state index contributed by atoms with van der Waals surface area (Å²) in [4.78, 5) is 74.0. The van der Waals surface area contributed by atoms with Crippen molar-refractivity contribution in [1.29, 1.82) is 0 Å². The van der Waals surface area contributed by atoms with Crippen LogP contribution in [-0.2, 0) is 26.2 Å². The number of nitrogens with zero attached hydrogens (tertiary/aromatic N) is 4. The summed E-state index contributed by atoms with van der Waals surface area (Å²) in [6.45, 7) is 3.73. The van der Waals surface area contributed by atoms with Crippen LogP contribution in [0.15, 0.2) is 72.3 Å². The number of aromatic hydroxyl groups is 1. The number of thiophene rings is 1. The van der Waals surface area contributed by atoms with Crippen LogP contribution in [0.3, 0.4) is 0 Å². The maximum atomic E-state index is 15.3. The van der Waals surface area contributed by atoms with Crippen molar-refractivity contribution in [3.63, 3.8) is 0 Å². The van der Waals surface area contributed by atoms with E-state index in [1.807, 2.05) is 31.2 Å². The van der Waals surface area contributed by atoms with Crippen molar-refractivity contribution < 1.29 is 43.7 Å². The molecule has 3 aromatic carbocycles. The molecule has 2 N–H and O–H groups in total. The van der Waals surface area contributed by atoms with E-state index in [4.69, 9.17) is 26.2 Å². The molecule has 13 nitrogen and oxygen atoms in total. The number of anilines is 2. The second-order valence-corrected chi connectivity index (χ2v) is 17.0. The van der Waals surface area contributed by atoms with E-state index in [0.717, 1.165) is 25.4 Å². The van der Waals surface area contributed by atoms with Crippen molar-refractivity contribution in [2.75, 3.05) is 24.0 Å². The number of hydrogen-bond acceptors (Lipinski definition) is 10. The number of benzene rings is 3. The number of fused-ring (bicyclic) bond motifs is 5. The highest BCUT2D eigenvalue weighted by Gasteiger charge is 2.68. The summed E-state index contributed by atoms with van der Waals surface area (Å²) >= 11 is 7.85. The number of carboxylic acids is 1. The highest BCUT2D eigenvalue weighted by molar-refractivity contribution is 7.22. The van der Waals surface area contributed by atoms with E-state index in [0.29, 0.717) is 21.9 Å². The van der Waals surface area contributed by atoms with Gasteiger partial charge in [-0.25, -0.2) is 9.69 Å². The summed E-state index contributed by atoms with van der Waals surface area (Å²) in [5.41, 5.74) is 1.24. The maximum Gasteiger partial charge on any atom is 0.335 e. The molecule has 2 saturated heterocycles. The molecule has 296 valence electrons. The number of aromatic nitrogens is 2. The van der Waals surface area contributed by atoms with Crippen LogP contribution in [0.1, 0.15) is 47.2 Å². The first-order valence-corrected chi connectivity index (χ1v) is 19.9. The van der Waals surface area contributed by atoms with Gasteiger partial charge >= 0.3 is 5.97 Å². The lowest BCUT2D eigenvalue weighted by atomic mass is 9.51. The molecule has 6 atom stereocenters. The van der Waals surface area contributed by atoms with Crippen LogP contribution in [0, 0.1) is 36.0 Å². The summed E-state index contributed by atoms with van der Waals surface area (Å²) in [7, 11) is 4.54. The van der Waals surface area contributed by atoms with Gasteiger partial charge in [-0.1, -0.05) is 29.3 Å². The minimum absolute atomic E-state index is 0.0761. The summed E-state index contributed by atoms with van der Waals surface area (Å²) in [6.07, 6.45) is 2.13. The van der Waals surface area contributed by atoms with Gasteiger partial charge in [-0.2, -0.15) is 5.10 Å². The molecule has 58 heavy (non-hydrogen) atoms. The Hall–Kier alpha value is -5.99. The van der Waals surface area contributed by atoms with E-state index in [2.05, 4.69) is 0 Å². The number of halogens is 1. The highest BCUT2D eigenvalue weighted by atomic mass is 35.5. The Morgan fingerprint density at radius 2 is 1.67 bits per heavy atom. The summed E-state index contributed by atoms with van der Waals surface area (Å²) < 4.78 is 14.2. The minimum atomic E-state index is -1.46. The molecule has 4 amide bonds. The number of aryl methyl sites for hydroxylation is 2. The van der Waals surface area contributed by atoms with Gasteiger partial charge in [0.25, 0.3) is 0 Å². The number of allylic oxidation sites excluding steroid dienone is 2. The molecule has 2 aliphatic carbocycles. The molecule has 0 radical (unpaired) electrons. The number of carbonyl (C=O) groups excluding carboxylic acids is 4. The van der Waals surface area contributed by atoms with Crippen LogP contribution in [0.5, 0.6) is 17.2 Å². The van der Waals surface area contributed by atoms with Crippen LogP contribution in [-0.4, -0.2) is 63.8 Å². The van der Waals surface area contributed by atoms with Crippen LogP contribution in [0.2, 0.25) is 5.02 Å². The normalized spacial score (nSPS) is 25.2. The van der Waals surface area contributed by atoms with E-state index in [1.54, 1.807) is 20.0 Å². The fourth-order valence-corrected chi connectivity index (χ4v) is 11.3. The second-order valence-electron chi connectivity index (χ2n) is 15.5. The number of ether oxygens (including phenoxy) is 2. The monoisotopic (exact) mass is 820 g/mol. The standard InChI is InChI=1S/C43H37ClN4O9S/c1-19-26-14-21(44)9-12-32(26)58-37(19)29-18-33(46(3)45-29)48-39(51)28-17-27-24(36(43(28,2)42(48)55)35-30(56-4)15-23(49)16-31(35)57-5)10-11-25-34(27)40(52)47(38(25)50)22-8-6-7-20(13-22)41(53)54/h6-10,12-16,18,25,27-28,34,36,49H,11,17H2,1-5H3,(H,53,54). The van der Waals surface area contributed by atoms with E-state index in [9.17, 15) is 24.6 Å². The van der Waals surface area contributed by atoms with Crippen LogP contribution >= 0.6 is 22.9 Å². The molecule has 15 heteroatoms. The van der Waals surface area contributed by atoms with Gasteiger partial charge in [0.15, 0.2) is 0 Å². The third-order valence-corrected chi connectivity index (χ3v) is 14.2. The third kappa shape index (κ3) is 5.20. The zero-order valence-electron chi connectivity index (χ0n) is 32.0. The lowest BCUT2D eigenvalue weighted by molar-refractivity contribution is -0.131. The molecule has 5 aromatic rings. The average Bonchev–Trinajstić information content (AvgIpc) is 3.87. The Morgan fingerprint density at radius 3 is 2.36 bits per heavy atom. The van der Waals surface area contributed by atoms with Crippen LogP contribution in [0.25, 0.3) is 20.7 Å². The number of hydrogen-bond donors (Lipinski definition) is 2. The number of rotatable bonds is 7. The average molecular weight is 821 g/mol. The van der Waals surface area contributed by atoms with Crippen molar-refractivity contribution in [3.8, 4) is 27.8 Å². The Bertz CT molecular complexity index is 2680. The molecule has 6 unspecified atom stereocenters. The van der Waals surface area contributed by atoms with Gasteiger partial charge < -0.3 is 19.7 Å². The van der Waals surface area contributed by atoms with Crippen molar-refractivity contribution in [2.45, 2.75) is 32.6 Å². The smallest absolute Gasteiger partial charge is 0.335 e. The number of carbonyl (C=O) groups is 5. The minimum Gasteiger partial charge on any atom is -0.508 e. The highest BCUT2D eigenvalue weighted by Crippen LogP contribution is 2.66. The van der Waals surface area contributed by atoms with Crippen molar-refractivity contribution in [3.05, 3.63) is 94.0 Å². The summed E-state index contributed by atoms with van der Waals surface area (Å²) in [5, 5.41) is 26.7. The molecule has 4 heterocycles. The van der Waals surface area contributed by atoms with Gasteiger partial charge in [-0.15, -0.1) is 11.3 Å². The number of imide groups is 2. The van der Waals surface area contributed by atoms with Gasteiger partial charge in [0.1, 0.15) is 28.8 Å². The molecule has 2 aliphatic heterocycles. The molecule has 9 rings (SSSR count). The largest absolute Gasteiger partial charge is 0.508 e. The molecule has 3 fully saturated rings. The van der Waals surface area contributed by atoms with Crippen molar-refractivity contribution in [1.82, 2.24) is 9.78 Å². The van der Waals surface area contributed by atoms with E-state index >= 15 is 9.59 Å². The van der Waals surface area contributed by atoms with Gasteiger partial charge in [-0.3, -0.25) is 28.8 Å². The maximum absolute atomic E-state index is 15.3. The summed E-state index contributed by atoms with van der Waals surface area (Å²) in [5.74, 6) is -6.84. The van der Waals surface area contributed by atoms with E-state index in [1.165, 1.54) is 71.5 Å². The first kappa shape index (κ1) is 37.6. The van der Waals surface area contributed by atoms with Gasteiger partial charge in [0.2, 0.25) is 23.6 Å². The Morgan fingerprint density at radius 1 is 0.948 bits per heavy atom. The Kier molecular flexibility index (Phi) is 8.60. The lowest BCUT2D eigenvalue weighted by Crippen LogP contribution is -2.49. The number of methoxy groups -OCH3 is 2. The topological polar surface area (TPSA) is 169 Å². The van der Waals surface area contributed by atoms with Gasteiger partial charge in [0.05, 0.1) is 53.5 Å². The zero-order chi connectivity index (χ0) is 41.1. The quantitative estimate of drug-likeness (QED) is 0.127. The molecule has 4 aliphatic rings. The lowest BCUT2D eigenvalue weighted by Gasteiger charge is -2.49. The fourth-order valence-electron chi connectivity index (χ4n) is 10.00. The number of carboxylic acid groups (broad SMARTS) is 1. The van der Waals surface area contributed by atoms with E-state index < -0.39 is 64.6 Å². The van der Waals surface area contributed by atoms with Crippen molar-refractivity contribution >= 4 is 74.1 Å². The van der Waals surface area contributed by atoms with Crippen LogP contribution < -0.4 is 19.3 Å². The third-order valence-electron chi connectivity index (χ3n) is 12.7. The van der Waals surface area contributed by atoms with Gasteiger partial charge in [-0.05, 0) is 80.0 Å². The number of aromatic carboxylic acids is 1. The molecule has 1 saturated carbocycles. The SMILES string of the molecule is COc1cc(O)cc(OC)c1C1C2=CCC3C(=O)N(c4cccc(C(=O)O)c4)C(=O)C3C2CC2C(=O)N(c3cc(-c4sc5ccc(Cl)cc5c4C)nn3C)C(=O)C21C. The first-order valence-electron chi connectivity index (χ1n) is 18.7. The number of phenolic OH excluding ortho intramolecular Hbond substituents is 1. The zero-order valence-corrected chi connectivity index (χ0v) is 33.6. The first-order chi connectivity index (χ1) is 27.7. The predicted molar refractivity (Wildman–Crippen MR) is 215 cm³/mol. The Balaban J connectivity index is 1.19. The van der Waals surface area contributed by atoms with Gasteiger partial charge in [0, 0.05) is 46.5 Å². The predicted octanol–water partition coefficient (Wildman–Crippen LogP) is 7.12. The molecule has 0 spiro atoms. The van der Waals surface area contributed by atoms with Crippen molar-refractivity contribution in [2.24, 2.45) is 36.1 Å². The second kappa shape index (κ2) is 13.3. The fraction of sp³-hybridized carbons (Fsp3) is 0.302. The molecule has 0 bridgehead atoms. The number of amides is 4. The molecular formula is C43H37ClN4O9S. The Labute approximate surface area is 341 Å². The molecular weight excluding hydrogens is 784 g/mol. The van der Waals surface area contributed by atoms with Crippen LogP contribution in [0.4, 0.5) is 11.5 Å². The van der Waals surface area contributed by atoms with E-state index in [-0.39, 0.29) is 47.2 Å². The molecule has 2 aromatic heterocycles.